The maximum Gasteiger partial charge on any atom is 0.276 e. The molecule has 0 aliphatic carbocycles. The quantitative estimate of drug-likeness (QED) is 0.617. The maximum atomic E-state index is 12.5. The zero-order valence-corrected chi connectivity index (χ0v) is 14.1. The molecule has 1 aromatic carbocycles. The molecular formula is C20H18N4O. The van der Waals surface area contributed by atoms with Gasteiger partial charge in [0.1, 0.15) is 5.82 Å². The van der Waals surface area contributed by atoms with Gasteiger partial charge in [-0.15, -0.1) is 0 Å². The molecule has 0 saturated carbocycles. The smallest absolute Gasteiger partial charge is 0.276 e. The molecular weight excluding hydrogens is 312 g/mol. The topological polar surface area (TPSA) is 51.3 Å². The second-order valence-corrected chi connectivity index (χ2v) is 6.11. The second-order valence-electron chi connectivity index (χ2n) is 6.11. The van der Waals surface area contributed by atoms with E-state index in [1.807, 2.05) is 73.0 Å². The Morgan fingerprint density at radius 2 is 1.88 bits per heavy atom. The molecule has 1 N–H and O–H groups in total. The van der Waals surface area contributed by atoms with Crippen molar-refractivity contribution in [3.05, 3.63) is 83.8 Å². The number of carbonyl (C=O) groups is 1. The third-order valence-electron chi connectivity index (χ3n) is 4.24. The Bertz CT molecular complexity index is 1070. The Morgan fingerprint density at radius 1 is 1.00 bits per heavy atom. The van der Waals surface area contributed by atoms with Crippen LogP contribution in [-0.2, 0) is 0 Å². The van der Waals surface area contributed by atoms with Gasteiger partial charge < -0.3 is 9.72 Å². The number of nitrogens with zero attached hydrogens (tertiary/aromatic N) is 3. The first-order valence-corrected chi connectivity index (χ1v) is 8.12. The van der Waals surface area contributed by atoms with Gasteiger partial charge in [0.05, 0.1) is 0 Å². The summed E-state index contributed by atoms with van der Waals surface area (Å²) >= 11 is 0. The van der Waals surface area contributed by atoms with Crippen LogP contribution in [0.4, 0.5) is 5.69 Å². The van der Waals surface area contributed by atoms with E-state index in [1.165, 1.54) is 0 Å². The van der Waals surface area contributed by atoms with Crippen LogP contribution >= 0.6 is 0 Å². The van der Waals surface area contributed by atoms with Gasteiger partial charge in [-0.05, 0) is 61.4 Å². The summed E-state index contributed by atoms with van der Waals surface area (Å²) in [6, 6.07) is 17.7. The SMILES string of the molecule is Cc1ccc(C)c(NC(=O)c2ccn(-c3ccc4ccccn34)n2)c1. The van der Waals surface area contributed by atoms with Gasteiger partial charge in [-0.2, -0.15) is 5.10 Å². The summed E-state index contributed by atoms with van der Waals surface area (Å²) in [7, 11) is 0. The Balaban J connectivity index is 1.62. The molecule has 4 aromatic rings. The van der Waals surface area contributed by atoms with Crippen molar-refractivity contribution < 1.29 is 4.79 Å². The number of aromatic nitrogens is 3. The van der Waals surface area contributed by atoms with Crippen molar-refractivity contribution in [2.24, 2.45) is 0 Å². The van der Waals surface area contributed by atoms with Gasteiger partial charge in [-0.3, -0.25) is 4.79 Å². The fourth-order valence-corrected chi connectivity index (χ4v) is 2.86. The molecule has 0 unspecified atom stereocenters. The van der Waals surface area contributed by atoms with Gasteiger partial charge in [0.15, 0.2) is 5.69 Å². The molecule has 0 aliphatic rings. The number of nitrogens with one attached hydrogen (secondary N) is 1. The van der Waals surface area contributed by atoms with E-state index in [0.717, 1.165) is 28.1 Å². The molecule has 124 valence electrons. The first-order valence-electron chi connectivity index (χ1n) is 8.12. The van der Waals surface area contributed by atoms with Crippen molar-refractivity contribution in [3.63, 3.8) is 0 Å². The van der Waals surface area contributed by atoms with Crippen LogP contribution in [0.25, 0.3) is 11.3 Å². The van der Waals surface area contributed by atoms with Crippen molar-refractivity contribution in [3.8, 4) is 5.82 Å². The lowest BCUT2D eigenvalue weighted by Gasteiger charge is -2.08. The van der Waals surface area contributed by atoms with E-state index in [0.29, 0.717) is 5.69 Å². The van der Waals surface area contributed by atoms with Crippen LogP contribution in [0.3, 0.4) is 0 Å². The van der Waals surface area contributed by atoms with Crippen molar-refractivity contribution in [1.29, 1.82) is 0 Å². The summed E-state index contributed by atoms with van der Waals surface area (Å²) in [6.07, 6.45) is 3.77. The highest BCUT2D eigenvalue weighted by Gasteiger charge is 2.13. The van der Waals surface area contributed by atoms with Gasteiger partial charge in [0.25, 0.3) is 5.91 Å². The zero-order valence-electron chi connectivity index (χ0n) is 14.1. The van der Waals surface area contributed by atoms with E-state index < -0.39 is 0 Å². The fourth-order valence-electron chi connectivity index (χ4n) is 2.86. The minimum Gasteiger partial charge on any atom is -0.320 e. The lowest BCUT2D eigenvalue weighted by molar-refractivity contribution is 0.102. The third-order valence-corrected chi connectivity index (χ3v) is 4.24. The van der Waals surface area contributed by atoms with Gasteiger partial charge >= 0.3 is 0 Å². The van der Waals surface area contributed by atoms with Crippen LogP contribution in [0, 0.1) is 13.8 Å². The van der Waals surface area contributed by atoms with Crippen LogP contribution < -0.4 is 5.32 Å². The standard InChI is InChI=1S/C20H18N4O/c1-14-6-7-15(2)18(13-14)21-20(25)17-10-12-24(22-17)19-9-8-16-5-3-4-11-23(16)19/h3-13H,1-2H3,(H,21,25). The molecule has 5 heteroatoms. The molecule has 0 aliphatic heterocycles. The van der Waals surface area contributed by atoms with Gasteiger partial charge in [-0.1, -0.05) is 18.2 Å². The summed E-state index contributed by atoms with van der Waals surface area (Å²) in [4.78, 5) is 12.5. The molecule has 0 spiro atoms. The predicted molar refractivity (Wildman–Crippen MR) is 98.4 cm³/mol. The monoisotopic (exact) mass is 330 g/mol. The number of rotatable bonds is 3. The number of aryl methyl sites for hydroxylation is 2. The van der Waals surface area contributed by atoms with E-state index in [4.69, 9.17) is 0 Å². The van der Waals surface area contributed by atoms with Gasteiger partial charge in [-0.25, -0.2) is 4.68 Å². The highest BCUT2D eigenvalue weighted by atomic mass is 16.1. The van der Waals surface area contributed by atoms with Crippen molar-refractivity contribution >= 4 is 17.1 Å². The molecule has 4 rings (SSSR count). The maximum absolute atomic E-state index is 12.5. The molecule has 0 atom stereocenters. The number of hydrogen-bond donors (Lipinski definition) is 1. The molecule has 0 fully saturated rings. The van der Waals surface area contributed by atoms with E-state index in [-0.39, 0.29) is 5.91 Å². The highest BCUT2D eigenvalue weighted by molar-refractivity contribution is 6.03. The second kappa shape index (κ2) is 5.94. The van der Waals surface area contributed by atoms with Crippen molar-refractivity contribution in [2.75, 3.05) is 5.32 Å². The summed E-state index contributed by atoms with van der Waals surface area (Å²) in [5.74, 6) is 0.676. The number of pyridine rings is 1. The van der Waals surface area contributed by atoms with Crippen LogP contribution in [0.15, 0.2) is 67.0 Å². The van der Waals surface area contributed by atoms with E-state index >= 15 is 0 Å². The number of amides is 1. The molecule has 5 nitrogen and oxygen atoms in total. The van der Waals surface area contributed by atoms with Crippen LogP contribution in [0.5, 0.6) is 0 Å². The Labute approximate surface area is 145 Å². The molecule has 25 heavy (non-hydrogen) atoms. The average Bonchev–Trinajstić information content (AvgIpc) is 3.24. The first-order chi connectivity index (χ1) is 12.1. The third kappa shape index (κ3) is 2.80. The fraction of sp³-hybridized carbons (Fsp3) is 0.100. The Kier molecular flexibility index (Phi) is 3.61. The molecule has 0 radical (unpaired) electrons. The molecule has 0 bridgehead atoms. The predicted octanol–water partition coefficient (Wildman–Crippen LogP) is 3.99. The highest BCUT2D eigenvalue weighted by Crippen LogP contribution is 2.18. The average molecular weight is 330 g/mol. The van der Waals surface area contributed by atoms with E-state index in [9.17, 15) is 4.79 Å². The van der Waals surface area contributed by atoms with E-state index in [2.05, 4.69) is 10.4 Å². The normalized spacial score (nSPS) is 11.0. The zero-order chi connectivity index (χ0) is 17.4. The molecule has 0 saturated heterocycles. The molecule has 1 amide bonds. The number of carbonyl (C=O) groups excluding carboxylic acids is 1. The lowest BCUT2D eigenvalue weighted by atomic mass is 10.1. The molecule has 3 heterocycles. The Hall–Kier alpha value is -3.34. The number of benzene rings is 1. The lowest BCUT2D eigenvalue weighted by Crippen LogP contribution is -2.14. The van der Waals surface area contributed by atoms with Crippen LogP contribution in [-0.4, -0.2) is 20.1 Å². The van der Waals surface area contributed by atoms with Crippen molar-refractivity contribution in [1.82, 2.24) is 14.2 Å². The summed E-state index contributed by atoms with van der Waals surface area (Å²) in [5, 5.41) is 7.38. The summed E-state index contributed by atoms with van der Waals surface area (Å²) in [5.41, 5.74) is 4.40. The summed E-state index contributed by atoms with van der Waals surface area (Å²) < 4.78 is 3.74. The van der Waals surface area contributed by atoms with E-state index in [1.54, 1.807) is 16.9 Å². The first kappa shape index (κ1) is 15.2. The minimum absolute atomic E-state index is 0.215. The van der Waals surface area contributed by atoms with Gasteiger partial charge in [0.2, 0.25) is 0 Å². The van der Waals surface area contributed by atoms with Crippen LogP contribution in [0.1, 0.15) is 21.6 Å². The number of anilines is 1. The molecule has 3 aromatic heterocycles. The van der Waals surface area contributed by atoms with Crippen molar-refractivity contribution in [2.45, 2.75) is 13.8 Å². The number of hydrogen-bond acceptors (Lipinski definition) is 2. The Morgan fingerprint density at radius 3 is 2.76 bits per heavy atom. The largest absolute Gasteiger partial charge is 0.320 e. The number of fused-ring (bicyclic) bond motifs is 1. The summed E-state index contributed by atoms with van der Waals surface area (Å²) in [6.45, 7) is 3.97. The minimum atomic E-state index is -0.215. The van der Waals surface area contributed by atoms with Gasteiger partial charge in [0, 0.05) is 23.6 Å². The van der Waals surface area contributed by atoms with Crippen LogP contribution in [0.2, 0.25) is 0 Å².